The number of nitrogens with zero attached hydrogens (tertiary/aromatic N) is 4. The maximum Gasteiger partial charge on any atom is 0.325 e. The third-order valence-corrected chi connectivity index (χ3v) is 3.33. The lowest BCUT2D eigenvalue weighted by atomic mass is 10.4. The Bertz CT molecular complexity index is 648. The van der Waals surface area contributed by atoms with Gasteiger partial charge in [-0.05, 0) is 6.42 Å². The van der Waals surface area contributed by atoms with Crippen molar-refractivity contribution in [3.63, 3.8) is 0 Å². The normalized spacial score (nSPS) is 12.5. The van der Waals surface area contributed by atoms with Crippen LogP contribution in [0.5, 0.6) is 0 Å². The molecule has 2 aromatic heterocycles. The van der Waals surface area contributed by atoms with Gasteiger partial charge in [0, 0.05) is 6.54 Å². The number of imidazole rings is 1. The van der Waals surface area contributed by atoms with Crippen molar-refractivity contribution in [2.24, 2.45) is 0 Å². The molecule has 0 saturated heterocycles. The maximum absolute atomic E-state index is 10.6. The minimum absolute atomic E-state index is 0.150. The number of nitrogen functional groups attached to an aromatic ring is 1. The van der Waals surface area contributed by atoms with Crippen LogP contribution in [0, 0.1) is 0 Å². The molecule has 4 N–H and O–H groups in total. The average Bonchev–Trinajstić information content (AvgIpc) is 2.72. The summed E-state index contributed by atoms with van der Waals surface area (Å²) in [5, 5.41) is 0. The van der Waals surface area contributed by atoms with Crippen LogP contribution in [-0.4, -0.2) is 35.5 Å². The highest BCUT2D eigenvalue weighted by atomic mass is 31.2. The van der Waals surface area contributed by atoms with E-state index in [2.05, 4.69) is 15.0 Å². The Morgan fingerprint density at radius 2 is 2.11 bits per heavy atom. The van der Waals surface area contributed by atoms with Crippen LogP contribution < -0.4 is 5.73 Å². The van der Waals surface area contributed by atoms with Gasteiger partial charge in [-0.1, -0.05) is 12.2 Å². The van der Waals surface area contributed by atoms with Crippen molar-refractivity contribution < 1.29 is 14.4 Å². The highest BCUT2D eigenvalue weighted by molar-refractivity contribution is 7.51. The average molecular weight is 283 g/mol. The monoisotopic (exact) mass is 283 g/mol. The number of fused-ring (bicyclic) bond motifs is 1. The summed E-state index contributed by atoms with van der Waals surface area (Å²) in [4.78, 5) is 29.5. The second-order valence-electron chi connectivity index (χ2n) is 3.98. The molecule has 0 aliphatic rings. The van der Waals surface area contributed by atoms with Crippen molar-refractivity contribution in [3.05, 3.63) is 24.8 Å². The second-order valence-corrected chi connectivity index (χ2v) is 5.75. The number of rotatable bonds is 5. The molecule has 2 rings (SSSR count). The highest BCUT2D eigenvalue weighted by Crippen LogP contribution is 2.34. The van der Waals surface area contributed by atoms with Crippen molar-refractivity contribution in [3.8, 4) is 0 Å². The number of hydrogen-bond donors (Lipinski definition) is 3. The topological polar surface area (TPSA) is 127 Å². The third kappa shape index (κ3) is 3.60. The number of nitrogens with two attached hydrogens (primary N) is 1. The molecule has 2 heterocycles. The fourth-order valence-electron chi connectivity index (χ4n) is 1.58. The Kier molecular flexibility index (Phi) is 3.94. The van der Waals surface area contributed by atoms with Gasteiger partial charge in [0.15, 0.2) is 11.5 Å². The summed E-state index contributed by atoms with van der Waals surface area (Å²) in [5.41, 5.74) is 6.84. The zero-order valence-electron chi connectivity index (χ0n) is 10.0. The molecule has 0 spiro atoms. The van der Waals surface area contributed by atoms with E-state index < -0.39 is 7.60 Å². The molecule has 0 radical (unpaired) electrons. The van der Waals surface area contributed by atoms with Crippen LogP contribution in [0.3, 0.4) is 0 Å². The highest BCUT2D eigenvalue weighted by Gasteiger charge is 2.10. The van der Waals surface area contributed by atoms with Gasteiger partial charge in [-0.3, -0.25) is 4.57 Å². The number of aromatic nitrogens is 4. The molecule has 0 unspecified atom stereocenters. The molecule has 9 heteroatoms. The first-order chi connectivity index (χ1) is 8.97. The van der Waals surface area contributed by atoms with Crippen molar-refractivity contribution in [2.75, 3.05) is 11.9 Å². The van der Waals surface area contributed by atoms with Crippen LogP contribution in [0.2, 0.25) is 0 Å². The summed E-state index contributed by atoms with van der Waals surface area (Å²) in [7, 11) is -3.92. The predicted octanol–water partition coefficient (Wildman–Crippen LogP) is 0.532. The van der Waals surface area contributed by atoms with Crippen LogP contribution in [0.15, 0.2) is 24.8 Å². The van der Waals surface area contributed by atoms with Crippen LogP contribution >= 0.6 is 7.60 Å². The van der Waals surface area contributed by atoms with Gasteiger partial charge >= 0.3 is 7.60 Å². The molecular weight excluding hydrogens is 269 g/mol. The summed E-state index contributed by atoms with van der Waals surface area (Å²) in [6, 6.07) is 0. The number of hydrogen-bond acceptors (Lipinski definition) is 5. The summed E-state index contributed by atoms with van der Waals surface area (Å²) in [6.07, 6.45) is 6.66. The number of anilines is 1. The molecule has 0 aromatic carbocycles. The van der Waals surface area contributed by atoms with Gasteiger partial charge in [0.25, 0.3) is 0 Å². The van der Waals surface area contributed by atoms with Crippen LogP contribution in [0.4, 0.5) is 5.82 Å². The van der Waals surface area contributed by atoms with Gasteiger partial charge in [0.05, 0.1) is 12.5 Å². The molecule has 0 bridgehead atoms. The smallest absolute Gasteiger partial charge is 0.325 e. The van der Waals surface area contributed by atoms with Crippen molar-refractivity contribution in [2.45, 2.75) is 13.0 Å². The molecule has 0 fully saturated rings. The van der Waals surface area contributed by atoms with E-state index in [-0.39, 0.29) is 6.16 Å². The quantitative estimate of drug-likeness (QED) is 0.539. The summed E-state index contributed by atoms with van der Waals surface area (Å²) >= 11 is 0. The van der Waals surface area contributed by atoms with Gasteiger partial charge in [-0.2, -0.15) is 0 Å². The Hall–Kier alpha value is -1.76. The zero-order valence-corrected chi connectivity index (χ0v) is 10.9. The molecule has 0 saturated carbocycles. The molecule has 8 nitrogen and oxygen atoms in total. The molecule has 0 atom stereocenters. The third-order valence-electron chi connectivity index (χ3n) is 2.49. The van der Waals surface area contributed by atoms with Gasteiger partial charge < -0.3 is 20.1 Å². The lowest BCUT2D eigenvalue weighted by molar-refractivity contribution is 0.373. The minimum atomic E-state index is -3.92. The van der Waals surface area contributed by atoms with Crippen LogP contribution in [-0.2, 0) is 11.1 Å². The fourth-order valence-corrected chi connectivity index (χ4v) is 2.07. The van der Waals surface area contributed by atoms with E-state index in [1.165, 1.54) is 6.33 Å². The summed E-state index contributed by atoms with van der Waals surface area (Å²) in [5.74, 6) is 0.328. The second kappa shape index (κ2) is 5.48. The Morgan fingerprint density at radius 1 is 1.32 bits per heavy atom. The zero-order chi connectivity index (χ0) is 13.9. The fraction of sp³-hybridized carbons (Fsp3) is 0.300. The van der Waals surface area contributed by atoms with E-state index in [0.29, 0.717) is 29.9 Å². The van der Waals surface area contributed by atoms with E-state index in [4.69, 9.17) is 15.5 Å². The van der Waals surface area contributed by atoms with Crippen molar-refractivity contribution >= 4 is 24.6 Å². The maximum atomic E-state index is 10.6. The van der Waals surface area contributed by atoms with Gasteiger partial charge in [-0.25, -0.2) is 15.0 Å². The first-order valence-corrected chi connectivity index (χ1v) is 7.38. The summed E-state index contributed by atoms with van der Waals surface area (Å²) < 4.78 is 12.4. The number of allylic oxidation sites excluding steroid dienone is 2. The van der Waals surface area contributed by atoms with Gasteiger partial charge in [0.1, 0.15) is 11.8 Å². The molecule has 0 amide bonds. The van der Waals surface area contributed by atoms with E-state index >= 15 is 0 Å². The summed E-state index contributed by atoms with van der Waals surface area (Å²) in [6.45, 7) is 0.508. The standard InChI is InChI=1S/C10H14N5O3P/c11-9-8-10(13-6-12-9)15(7-14-8)4-2-1-3-5-19(16,17)18/h1-2,6-7H,3-5H2,(H2,11,12,13)(H2,16,17,18)/b2-1-. The van der Waals surface area contributed by atoms with Crippen molar-refractivity contribution in [1.82, 2.24) is 19.5 Å². The van der Waals surface area contributed by atoms with E-state index in [9.17, 15) is 4.57 Å². The molecule has 0 aliphatic heterocycles. The first-order valence-electron chi connectivity index (χ1n) is 5.58. The molecular formula is C10H14N5O3P. The largest absolute Gasteiger partial charge is 0.382 e. The molecule has 2 aromatic rings. The lowest BCUT2D eigenvalue weighted by Crippen LogP contribution is -1.97. The van der Waals surface area contributed by atoms with E-state index in [0.717, 1.165) is 0 Å². The first kappa shape index (κ1) is 13.7. The van der Waals surface area contributed by atoms with E-state index in [1.807, 2.05) is 0 Å². The molecule has 102 valence electrons. The Balaban J connectivity index is 2.01. The lowest BCUT2D eigenvalue weighted by Gasteiger charge is -2.00. The van der Waals surface area contributed by atoms with Crippen LogP contribution in [0.25, 0.3) is 11.2 Å². The van der Waals surface area contributed by atoms with Crippen LogP contribution in [0.1, 0.15) is 6.42 Å². The Labute approximate surface area is 109 Å². The molecule has 19 heavy (non-hydrogen) atoms. The van der Waals surface area contributed by atoms with E-state index in [1.54, 1.807) is 23.0 Å². The SMILES string of the molecule is Nc1ncnc2c1ncn2C/C=C\CCP(=O)(O)O. The predicted molar refractivity (Wildman–Crippen MR) is 70.4 cm³/mol. The van der Waals surface area contributed by atoms with Crippen molar-refractivity contribution in [1.29, 1.82) is 0 Å². The minimum Gasteiger partial charge on any atom is -0.382 e. The van der Waals surface area contributed by atoms with Gasteiger partial charge in [-0.15, -0.1) is 0 Å². The Morgan fingerprint density at radius 3 is 2.84 bits per heavy atom. The molecule has 0 aliphatic carbocycles. The van der Waals surface area contributed by atoms with Gasteiger partial charge in [0.2, 0.25) is 0 Å².